The molecule has 21 heavy (non-hydrogen) atoms. The van der Waals surface area contributed by atoms with Gasteiger partial charge in [-0.1, -0.05) is 28.1 Å². The number of hydrogen-bond donors (Lipinski definition) is 1. The van der Waals surface area contributed by atoms with Crippen LogP contribution < -0.4 is 4.74 Å². The zero-order valence-electron chi connectivity index (χ0n) is 11.6. The van der Waals surface area contributed by atoms with Crippen LogP contribution in [0.4, 0.5) is 0 Å². The first kappa shape index (κ1) is 16.0. The van der Waals surface area contributed by atoms with E-state index in [4.69, 9.17) is 4.74 Å². The first-order valence-corrected chi connectivity index (χ1v) is 8.83. The SMILES string of the molecule is COc1ccc(Br)cc1C(O)c1ccc(S(C)(=O)=O)cc1. The third kappa shape index (κ3) is 3.64. The summed E-state index contributed by atoms with van der Waals surface area (Å²) >= 11 is 3.36. The van der Waals surface area contributed by atoms with E-state index in [1.54, 1.807) is 24.3 Å². The molecule has 2 rings (SSSR count). The van der Waals surface area contributed by atoms with E-state index in [0.717, 1.165) is 10.7 Å². The maximum absolute atomic E-state index is 11.4. The van der Waals surface area contributed by atoms with Crippen LogP contribution in [-0.4, -0.2) is 26.9 Å². The Bertz CT molecular complexity index is 739. The number of hydrogen-bond acceptors (Lipinski definition) is 4. The highest BCUT2D eigenvalue weighted by atomic mass is 79.9. The predicted octanol–water partition coefficient (Wildman–Crippen LogP) is 2.94. The number of methoxy groups -OCH3 is 1. The molecule has 6 heteroatoms. The van der Waals surface area contributed by atoms with Crippen molar-refractivity contribution in [2.45, 2.75) is 11.0 Å². The van der Waals surface area contributed by atoms with Crippen LogP contribution in [0.15, 0.2) is 51.8 Å². The zero-order valence-corrected chi connectivity index (χ0v) is 14.0. The fourth-order valence-corrected chi connectivity index (χ4v) is 3.01. The molecular formula is C15H15BrO4S. The molecule has 0 fully saturated rings. The average Bonchev–Trinajstić information content (AvgIpc) is 2.45. The van der Waals surface area contributed by atoms with E-state index >= 15 is 0 Å². The van der Waals surface area contributed by atoms with Gasteiger partial charge in [0.2, 0.25) is 0 Å². The maximum Gasteiger partial charge on any atom is 0.175 e. The van der Waals surface area contributed by atoms with Crippen molar-refractivity contribution in [1.29, 1.82) is 0 Å². The molecule has 1 N–H and O–H groups in total. The summed E-state index contributed by atoms with van der Waals surface area (Å²) in [6.07, 6.45) is 0.251. The van der Waals surface area contributed by atoms with Crippen molar-refractivity contribution in [1.82, 2.24) is 0 Å². The number of aliphatic hydroxyl groups excluding tert-OH is 1. The van der Waals surface area contributed by atoms with Crippen LogP contribution in [0.2, 0.25) is 0 Å². The topological polar surface area (TPSA) is 63.6 Å². The van der Waals surface area contributed by atoms with Crippen LogP contribution in [0.3, 0.4) is 0 Å². The number of aliphatic hydroxyl groups is 1. The molecule has 0 radical (unpaired) electrons. The molecule has 0 saturated heterocycles. The van der Waals surface area contributed by atoms with Gasteiger partial charge in [0, 0.05) is 16.3 Å². The van der Waals surface area contributed by atoms with Gasteiger partial charge in [0.15, 0.2) is 9.84 Å². The highest BCUT2D eigenvalue weighted by molar-refractivity contribution is 9.10. The Labute approximate surface area is 132 Å². The van der Waals surface area contributed by atoms with Gasteiger partial charge in [-0.3, -0.25) is 0 Å². The standard InChI is InChI=1S/C15H15BrO4S/c1-20-14-8-5-11(16)9-13(14)15(17)10-3-6-12(7-4-10)21(2,18)19/h3-9,15,17H,1-2H3. The van der Waals surface area contributed by atoms with E-state index in [1.807, 2.05) is 6.07 Å². The lowest BCUT2D eigenvalue weighted by atomic mass is 10.0. The first-order chi connectivity index (χ1) is 9.82. The quantitative estimate of drug-likeness (QED) is 0.898. The smallest absolute Gasteiger partial charge is 0.175 e. The lowest BCUT2D eigenvalue weighted by molar-refractivity contribution is 0.214. The zero-order chi connectivity index (χ0) is 15.6. The normalized spacial score (nSPS) is 13.0. The molecule has 2 aromatic rings. The van der Waals surface area contributed by atoms with Gasteiger partial charge < -0.3 is 9.84 Å². The van der Waals surface area contributed by atoms with Crippen LogP contribution in [0.1, 0.15) is 17.2 Å². The van der Waals surface area contributed by atoms with Crippen molar-refractivity contribution in [2.24, 2.45) is 0 Å². The Kier molecular flexibility index (Phi) is 4.70. The third-order valence-electron chi connectivity index (χ3n) is 3.11. The molecule has 0 aromatic heterocycles. The molecule has 1 atom stereocenters. The van der Waals surface area contributed by atoms with Gasteiger partial charge >= 0.3 is 0 Å². The number of rotatable bonds is 4. The van der Waals surface area contributed by atoms with Crippen LogP contribution >= 0.6 is 15.9 Å². The molecular weight excluding hydrogens is 356 g/mol. The summed E-state index contributed by atoms with van der Waals surface area (Å²) in [5.74, 6) is 0.567. The fourth-order valence-electron chi connectivity index (χ4n) is 2.00. The van der Waals surface area contributed by atoms with Crippen LogP contribution in [0, 0.1) is 0 Å². The van der Waals surface area contributed by atoms with E-state index in [0.29, 0.717) is 16.9 Å². The lowest BCUT2D eigenvalue weighted by Gasteiger charge is -2.16. The van der Waals surface area contributed by atoms with Crippen LogP contribution in [0.5, 0.6) is 5.75 Å². The summed E-state index contributed by atoms with van der Waals surface area (Å²) in [6, 6.07) is 11.5. The molecule has 0 aliphatic heterocycles. The monoisotopic (exact) mass is 370 g/mol. The van der Waals surface area contributed by atoms with Gasteiger partial charge in [-0.05, 0) is 35.9 Å². The maximum atomic E-state index is 11.4. The molecule has 2 aromatic carbocycles. The molecule has 4 nitrogen and oxygen atoms in total. The fraction of sp³-hybridized carbons (Fsp3) is 0.200. The Morgan fingerprint density at radius 2 is 1.76 bits per heavy atom. The Balaban J connectivity index is 2.40. The summed E-state index contributed by atoms with van der Waals surface area (Å²) in [5, 5.41) is 10.5. The number of ether oxygens (including phenoxy) is 1. The first-order valence-electron chi connectivity index (χ1n) is 6.14. The second kappa shape index (κ2) is 6.17. The lowest BCUT2D eigenvalue weighted by Crippen LogP contribution is -2.03. The van der Waals surface area contributed by atoms with E-state index in [1.165, 1.54) is 19.2 Å². The highest BCUT2D eigenvalue weighted by Gasteiger charge is 2.17. The van der Waals surface area contributed by atoms with Crippen molar-refractivity contribution in [3.63, 3.8) is 0 Å². The summed E-state index contributed by atoms with van der Waals surface area (Å²) in [4.78, 5) is 0.222. The molecule has 0 aliphatic carbocycles. The number of halogens is 1. The summed E-state index contributed by atoms with van der Waals surface area (Å²) in [7, 11) is -1.71. The van der Waals surface area contributed by atoms with E-state index in [2.05, 4.69) is 15.9 Å². The van der Waals surface area contributed by atoms with Gasteiger partial charge in [-0.15, -0.1) is 0 Å². The van der Waals surface area contributed by atoms with Gasteiger partial charge in [-0.25, -0.2) is 8.42 Å². The Morgan fingerprint density at radius 3 is 2.29 bits per heavy atom. The second-order valence-electron chi connectivity index (χ2n) is 4.63. The van der Waals surface area contributed by atoms with Crippen LogP contribution in [0.25, 0.3) is 0 Å². The molecule has 0 bridgehead atoms. The largest absolute Gasteiger partial charge is 0.496 e. The van der Waals surface area contributed by atoms with Crippen molar-refractivity contribution >= 4 is 25.8 Å². The molecule has 0 aliphatic rings. The number of sulfone groups is 1. The predicted molar refractivity (Wildman–Crippen MR) is 84.3 cm³/mol. The summed E-state index contributed by atoms with van der Waals surface area (Å²) in [5.41, 5.74) is 1.21. The van der Waals surface area contributed by atoms with Crippen LogP contribution in [-0.2, 0) is 9.84 Å². The average molecular weight is 371 g/mol. The Morgan fingerprint density at radius 1 is 1.14 bits per heavy atom. The summed E-state index contributed by atoms with van der Waals surface area (Å²) < 4.78 is 28.9. The molecule has 0 saturated carbocycles. The molecule has 0 amide bonds. The number of benzene rings is 2. The minimum atomic E-state index is -3.24. The minimum Gasteiger partial charge on any atom is -0.496 e. The Hall–Kier alpha value is -1.37. The molecule has 1 unspecified atom stereocenters. The van der Waals surface area contributed by atoms with E-state index in [9.17, 15) is 13.5 Å². The van der Waals surface area contributed by atoms with Gasteiger partial charge in [-0.2, -0.15) is 0 Å². The highest BCUT2D eigenvalue weighted by Crippen LogP contribution is 2.32. The van der Waals surface area contributed by atoms with E-state index in [-0.39, 0.29) is 4.90 Å². The summed E-state index contributed by atoms with van der Waals surface area (Å²) in [6.45, 7) is 0. The van der Waals surface area contributed by atoms with E-state index < -0.39 is 15.9 Å². The third-order valence-corrected chi connectivity index (χ3v) is 4.73. The molecule has 112 valence electrons. The molecule has 0 spiro atoms. The van der Waals surface area contributed by atoms with Gasteiger partial charge in [0.05, 0.1) is 12.0 Å². The minimum absolute atomic E-state index is 0.222. The van der Waals surface area contributed by atoms with Crippen molar-refractivity contribution in [3.05, 3.63) is 58.1 Å². The second-order valence-corrected chi connectivity index (χ2v) is 7.56. The van der Waals surface area contributed by atoms with Crippen molar-refractivity contribution in [3.8, 4) is 5.75 Å². The van der Waals surface area contributed by atoms with Gasteiger partial charge in [0.1, 0.15) is 11.9 Å². The van der Waals surface area contributed by atoms with Crippen molar-refractivity contribution in [2.75, 3.05) is 13.4 Å². The van der Waals surface area contributed by atoms with Crippen molar-refractivity contribution < 1.29 is 18.3 Å². The van der Waals surface area contributed by atoms with Gasteiger partial charge in [0.25, 0.3) is 0 Å². The molecule has 0 heterocycles.